The minimum atomic E-state index is -0.0638. The van der Waals surface area contributed by atoms with E-state index in [-0.39, 0.29) is 17.7 Å². The maximum Gasteiger partial charge on any atom is 0.268 e. The number of hydrogen-bond donors (Lipinski definition) is 2. The van der Waals surface area contributed by atoms with Gasteiger partial charge in [0.15, 0.2) is 5.82 Å². The molecule has 3 heterocycles. The Kier molecular flexibility index (Phi) is 4.97. The van der Waals surface area contributed by atoms with Crippen molar-refractivity contribution in [3.8, 4) is 0 Å². The fraction of sp³-hybridized carbons (Fsp3) is 0.640. The van der Waals surface area contributed by atoms with Crippen molar-refractivity contribution in [1.82, 2.24) is 14.7 Å². The Morgan fingerprint density at radius 2 is 1.75 bits per heavy atom. The van der Waals surface area contributed by atoms with Crippen LogP contribution in [-0.4, -0.2) is 41.0 Å². The van der Waals surface area contributed by atoms with Crippen LogP contribution < -0.4 is 10.6 Å². The molecule has 0 atom stereocenters. The summed E-state index contributed by atoms with van der Waals surface area (Å²) in [5, 5.41) is 6.19. The zero-order valence-corrected chi connectivity index (χ0v) is 18.5. The van der Waals surface area contributed by atoms with Gasteiger partial charge in [0.1, 0.15) is 11.3 Å². The molecule has 0 unspecified atom stereocenters. The second kappa shape index (κ2) is 7.87. The molecule has 7 rings (SSSR count). The lowest BCUT2D eigenvalue weighted by molar-refractivity contribution is -0.122. The Balaban J connectivity index is 1.16. The van der Waals surface area contributed by atoms with Crippen molar-refractivity contribution in [1.29, 1.82) is 0 Å². The largest absolute Gasteiger partial charge is 0.381 e. The Labute approximate surface area is 188 Å². The zero-order chi connectivity index (χ0) is 21.7. The molecular formula is C25H32N4O3. The van der Waals surface area contributed by atoms with Gasteiger partial charge in [0.2, 0.25) is 5.91 Å². The fourth-order valence-corrected chi connectivity index (χ4v) is 7.31. The highest BCUT2D eigenvalue weighted by atomic mass is 16.5. The van der Waals surface area contributed by atoms with E-state index in [1.54, 1.807) is 10.6 Å². The third-order valence-corrected chi connectivity index (χ3v) is 8.36. The van der Waals surface area contributed by atoms with Crippen molar-refractivity contribution < 1.29 is 14.3 Å². The Morgan fingerprint density at radius 3 is 2.44 bits per heavy atom. The predicted octanol–water partition coefficient (Wildman–Crippen LogP) is 3.65. The van der Waals surface area contributed by atoms with Gasteiger partial charge >= 0.3 is 0 Å². The number of carbonyl (C=O) groups is 2. The number of pyridine rings is 1. The minimum absolute atomic E-state index is 0.0236. The van der Waals surface area contributed by atoms with E-state index in [9.17, 15) is 9.59 Å². The summed E-state index contributed by atoms with van der Waals surface area (Å²) in [6, 6.07) is 5.54. The molecule has 0 radical (unpaired) electrons. The first-order chi connectivity index (χ1) is 15.6. The number of nitrogens with one attached hydrogen (secondary N) is 2. The summed E-state index contributed by atoms with van der Waals surface area (Å²) in [5.41, 5.74) is 1.52. The molecule has 2 N–H and O–H groups in total. The first kappa shape index (κ1) is 20.2. The maximum absolute atomic E-state index is 13.2. The molecule has 1 aliphatic heterocycles. The molecule has 4 aliphatic carbocycles. The normalized spacial score (nSPS) is 31.7. The molecule has 7 nitrogen and oxygen atoms in total. The smallest absolute Gasteiger partial charge is 0.268 e. The van der Waals surface area contributed by atoms with E-state index in [0.717, 1.165) is 37.1 Å². The molecule has 1 saturated heterocycles. The molecule has 2 aromatic heterocycles. The molecule has 2 amide bonds. The van der Waals surface area contributed by atoms with Gasteiger partial charge in [0.25, 0.3) is 5.91 Å². The van der Waals surface area contributed by atoms with Crippen molar-refractivity contribution in [2.45, 2.75) is 51.4 Å². The Hall–Kier alpha value is -2.41. The SMILES string of the molecule is O=C(NCC12CC3CC(CC(C3)C1)C2)c1cccc2nc(NC(=O)C3CCOCC3)cn12. The lowest BCUT2D eigenvalue weighted by Crippen LogP contribution is -2.51. The Bertz CT molecular complexity index is 1000. The summed E-state index contributed by atoms with van der Waals surface area (Å²) in [7, 11) is 0. The number of nitrogens with zero attached hydrogens (tertiary/aromatic N) is 2. The second-order valence-corrected chi connectivity index (χ2v) is 10.7. The van der Waals surface area contributed by atoms with Crippen LogP contribution in [-0.2, 0) is 9.53 Å². The van der Waals surface area contributed by atoms with Crippen LogP contribution in [0.3, 0.4) is 0 Å². The first-order valence-electron chi connectivity index (χ1n) is 12.2. The highest BCUT2D eigenvalue weighted by molar-refractivity contribution is 5.94. The number of ether oxygens (including phenoxy) is 1. The minimum Gasteiger partial charge on any atom is -0.381 e. The van der Waals surface area contributed by atoms with Crippen LogP contribution in [0.25, 0.3) is 5.65 Å². The number of imidazole rings is 1. The summed E-state index contributed by atoms with van der Waals surface area (Å²) in [4.78, 5) is 30.3. The average Bonchev–Trinajstić information content (AvgIpc) is 3.19. The third-order valence-electron chi connectivity index (χ3n) is 8.36. The lowest BCUT2D eigenvalue weighted by atomic mass is 9.49. The summed E-state index contributed by atoms with van der Waals surface area (Å²) < 4.78 is 7.13. The number of rotatable bonds is 5. The topological polar surface area (TPSA) is 84.7 Å². The van der Waals surface area contributed by atoms with Crippen LogP contribution in [0.15, 0.2) is 24.4 Å². The summed E-state index contributed by atoms with van der Waals surface area (Å²) in [6.07, 6.45) is 11.3. The van der Waals surface area contributed by atoms with Crippen molar-refractivity contribution >= 4 is 23.3 Å². The number of amides is 2. The molecule has 0 spiro atoms. The number of hydrogen-bond acceptors (Lipinski definition) is 4. The van der Waals surface area contributed by atoms with Gasteiger partial charge in [-0.05, 0) is 86.7 Å². The van der Waals surface area contributed by atoms with E-state index in [1.165, 1.54) is 38.5 Å². The van der Waals surface area contributed by atoms with Crippen LogP contribution in [0.2, 0.25) is 0 Å². The molecule has 4 bridgehead atoms. The number of aromatic nitrogens is 2. The zero-order valence-electron chi connectivity index (χ0n) is 18.5. The lowest BCUT2D eigenvalue weighted by Gasteiger charge is -2.56. The van der Waals surface area contributed by atoms with Crippen molar-refractivity contribution in [3.63, 3.8) is 0 Å². The van der Waals surface area contributed by atoms with Crippen LogP contribution >= 0.6 is 0 Å². The molecule has 4 saturated carbocycles. The van der Waals surface area contributed by atoms with Crippen LogP contribution in [0, 0.1) is 29.1 Å². The fourth-order valence-electron chi connectivity index (χ4n) is 7.31. The molecular weight excluding hydrogens is 404 g/mol. The predicted molar refractivity (Wildman–Crippen MR) is 120 cm³/mol. The first-order valence-corrected chi connectivity index (χ1v) is 12.2. The van der Waals surface area contributed by atoms with E-state index in [4.69, 9.17) is 4.74 Å². The second-order valence-electron chi connectivity index (χ2n) is 10.7. The van der Waals surface area contributed by atoms with Gasteiger partial charge in [0, 0.05) is 25.7 Å². The monoisotopic (exact) mass is 436 g/mol. The van der Waals surface area contributed by atoms with Crippen LogP contribution in [0.5, 0.6) is 0 Å². The van der Waals surface area contributed by atoms with Gasteiger partial charge in [-0.1, -0.05) is 6.07 Å². The number of fused-ring (bicyclic) bond motifs is 1. The molecule has 0 aromatic carbocycles. The third kappa shape index (κ3) is 3.70. The maximum atomic E-state index is 13.2. The van der Waals surface area contributed by atoms with Crippen molar-refractivity contribution in [3.05, 3.63) is 30.1 Å². The molecule has 7 heteroatoms. The molecule has 32 heavy (non-hydrogen) atoms. The highest BCUT2D eigenvalue weighted by Gasteiger charge is 2.50. The number of anilines is 1. The number of carbonyl (C=O) groups excluding carboxylic acids is 2. The van der Waals surface area contributed by atoms with Gasteiger partial charge in [-0.15, -0.1) is 0 Å². The van der Waals surface area contributed by atoms with Crippen LogP contribution in [0.4, 0.5) is 5.82 Å². The van der Waals surface area contributed by atoms with Gasteiger partial charge in [-0.25, -0.2) is 4.98 Å². The van der Waals surface area contributed by atoms with Crippen molar-refractivity contribution in [2.24, 2.45) is 29.1 Å². The summed E-state index contributed by atoms with van der Waals surface area (Å²) in [6.45, 7) is 2.02. The van der Waals surface area contributed by atoms with E-state index in [2.05, 4.69) is 15.6 Å². The van der Waals surface area contributed by atoms with Gasteiger partial charge in [-0.3, -0.25) is 14.0 Å². The molecule has 5 aliphatic rings. The Morgan fingerprint density at radius 1 is 1.06 bits per heavy atom. The van der Waals surface area contributed by atoms with Crippen LogP contribution in [0.1, 0.15) is 61.9 Å². The van der Waals surface area contributed by atoms with Crippen molar-refractivity contribution in [2.75, 3.05) is 25.1 Å². The summed E-state index contributed by atoms with van der Waals surface area (Å²) in [5.74, 6) is 2.97. The quantitative estimate of drug-likeness (QED) is 0.749. The van der Waals surface area contributed by atoms with Gasteiger partial charge < -0.3 is 15.4 Å². The average molecular weight is 437 g/mol. The van der Waals surface area contributed by atoms with E-state index >= 15 is 0 Å². The summed E-state index contributed by atoms with van der Waals surface area (Å²) >= 11 is 0. The molecule has 5 fully saturated rings. The highest BCUT2D eigenvalue weighted by Crippen LogP contribution is 2.59. The van der Waals surface area contributed by atoms with Gasteiger partial charge in [0.05, 0.1) is 6.20 Å². The van der Waals surface area contributed by atoms with E-state index < -0.39 is 0 Å². The standard InChI is InChI=1S/C25H32N4O3/c30-23(19-4-6-32-7-5-19)28-21-14-29-20(2-1-3-22(29)27-21)24(31)26-15-25-11-16-8-17(12-25)10-18(9-16)13-25/h1-3,14,16-19H,4-13,15H2,(H,26,31)(H,28,30). The molecule has 2 aromatic rings. The molecule has 170 valence electrons. The van der Waals surface area contributed by atoms with E-state index in [1.807, 2.05) is 18.2 Å². The van der Waals surface area contributed by atoms with Gasteiger partial charge in [-0.2, -0.15) is 0 Å². The van der Waals surface area contributed by atoms with E-state index in [0.29, 0.717) is 35.8 Å².